The number of H-pyrrole nitrogens is 1. The largest absolute Gasteiger partial charge is 0.493 e. The van der Waals surface area contributed by atoms with Crippen molar-refractivity contribution < 1.29 is 9.53 Å². The zero-order valence-corrected chi connectivity index (χ0v) is 23.4. The SMILES string of the molecule is Cc1nc2ccc(-c3ccc4c(c3)CC(C)C(CC(=O)N3CCN(c5cccc(Cl)c5)CC3)CCO4)cc2[nH]1. The van der Waals surface area contributed by atoms with Gasteiger partial charge in [-0.05, 0) is 90.8 Å². The number of hydrogen-bond donors (Lipinski definition) is 1. The van der Waals surface area contributed by atoms with Crippen molar-refractivity contribution in [3.63, 3.8) is 0 Å². The highest BCUT2D eigenvalue weighted by Gasteiger charge is 2.28. The van der Waals surface area contributed by atoms with Crippen LogP contribution in [0.3, 0.4) is 0 Å². The third-order valence-electron chi connectivity index (χ3n) is 8.33. The summed E-state index contributed by atoms with van der Waals surface area (Å²) in [4.78, 5) is 25.5. The van der Waals surface area contributed by atoms with E-state index in [0.29, 0.717) is 24.9 Å². The summed E-state index contributed by atoms with van der Waals surface area (Å²) in [7, 11) is 0. The molecule has 3 heterocycles. The van der Waals surface area contributed by atoms with Crippen molar-refractivity contribution in [1.29, 1.82) is 0 Å². The lowest BCUT2D eigenvalue weighted by Gasteiger charge is -2.37. The number of piperazine rings is 1. The fourth-order valence-corrected chi connectivity index (χ4v) is 6.22. The van der Waals surface area contributed by atoms with Gasteiger partial charge in [0.1, 0.15) is 11.6 Å². The molecular formula is C32H35ClN4O2. The number of aryl methyl sites for hydroxylation is 1. The van der Waals surface area contributed by atoms with E-state index in [1.54, 1.807) is 0 Å². The molecule has 2 atom stereocenters. The second-order valence-electron chi connectivity index (χ2n) is 11.0. The molecule has 6 nitrogen and oxygen atoms in total. The Morgan fingerprint density at radius 1 is 1.05 bits per heavy atom. The number of aromatic amines is 1. The summed E-state index contributed by atoms with van der Waals surface area (Å²) in [5, 5.41) is 0.745. The summed E-state index contributed by atoms with van der Waals surface area (Å²) in [5.74, 6) is 2.83. The summed E-state index contributed by atoms with van der Waals surface area (Å²) >= 11 is 6.18. The maximum Gasteiger partial charge on any atom is 0.222 e. The van der Waals surface area contributed by atoms with E-state index in [4.69, 9.17) is 16.3 Å². The molecule has 2 aliphatic rings. The molecule has 2 unspecified atom stereocenters. The van der Waals surface area contributed by atoms with Gasteiger partial charge in [-0.15, -0.1) is 0 Å². The number of anilines is 1. The lowest BCUT2D eigenvalue weighted by molar-refractivity contribution is -0.133. The molecule has 39 heavy (non-hydrogen) atoms. The zero-order chi connectivity index (χ0) is 26.9. The van der Waals surface area contributed by atoms with Crippen LogP contribution in [0, 0.1) is 18.8 Å². The molecule has 1 saturated heterocycles. The third kappa shape index (κ3) is 5.62. The van der Waals surface area contributed by atoms with Crippen molar-refractivity contribution in [3.8, 4) is 16.9 Å². The van der Waals surface area contributed by atoms with Gasteiger partial charge >= 0.3 is 0 Å². The molecule has 6 rings (SSSR count). The van der Waals surface area contributed by atoms with Crippen LogP contribution in [0.1, 0.15) is 31.2 Å². The number of benzene rings is 3. The Kier molecular flexibility index (Phi) is 7.22. The number of hydrogen-bond acceptors (Lipinski definition) is 4. The van der Waals surface area contributed by atoms with Crippen LogP contribution in [0.25, 0.3) is 22.2 Å². The minimum Gasteiger partial charge on any atom is -0.493 e. The first-order chi connectivity index (χ1) is 18.9. The van der Waals surface area contributed by atoms with E-state index in [1.807, 2.05) is 30.0 Å². The van der Waals surface area contributed by atoms with Gasteiger partial charge in [0.15, 0.2) is 0 Å². The molecule has 0 spiro atoms. The van der Waals surface area contributed by atoms with Crippen LogP contribution in [0.15, 0.2) is 60.7 Å². The molecule has 0 saturated carbocycles. The fourth-order valence-electron chi connectivity index (χ4n) is 6.04. The third-order valence-corrected chi connectivity index (χ3v) is 8.56. The molecule has 202 valence electrons. The van der Waals surface area contributed by atoms with E-state index < -0.39 is 0 Å². The number of imidazole rings is 1. The molecule has 3 aromatic carbocycles. The van der Waals surface area contributed by atoms with E-state index in [9.17, 15) is 4.79 Å². The van der Waals surface area contributed by atoms with Crippen molar-refractivity contribution in [2.24, 2.45) is 11.8 Å². The van der Waals surface area contributed by atoms with Crippen molar-refractivity contribution in [2.45, 2.75) is 33.1 Å². The molecule has 1 amide bonds. The van der Waals surface area contributed by atoms with Gasteiger partial charge in [-0.2, -0.15) is 0 Å². The lowest BCUT2D eigenvalue weighted by Crippen LogP contribution is -2.49. The van der Waals surface area contributed by atoms with Gasteiger partial charge in [0.2, 0.25) is 5.91 Å². The van der Waals surface area contributed by atoms with Crippen LogP contribution < -0.4 is 9.64 Å². The molecule has 1 fully saturated rings. The van der Waals surface area contributed by atoms with Crippen LogP contribution in [-0.2, 0) is 11.2 Å². The van der Waals surface area contributed by atoms with Crippen LogP contribution >= 0.6 is 11.6 Å². The number of halogens is 1. The second kappa shape index (κ2) is 10.9. The van der Waals surface area contributed by atoms with Crippen LogP contribution in [0.5, 0.6) is 5.75 Å². The number of amides is 1. The van der Waals surface area contributed by atoms with Crippen molar-refractivity contribution in [2.75, 3.05) is 37.7 Å². The summed E-state index contributed by atoms with van der Waals surface area (Å²) in [5.41, 5.74) is 6.70. The minimum absolute atomic E-state index is 0.260. The number of nitrogens with zero attached hydrogens (tertiary/aromatic N) is 3. The highest BCUT2D eigenvalue weighted by atomic mass is 35.5. The Morgan fingerprint density at radius 2 is 1.85 bits per heavy atom. The first-order valence-electron chi connectivity index (χ1n) is 13.9. The van der Waals surface area contributed by atoms with Crippen molar-refractivity contribution in [3.05, 3.63) is 77.1 Å². The summed E-state index contributed by atoms with van der Waals surface area (Å²) < 4.78 is 6.21. The highest BCUT2D eigenvalue weighted by molar-refractivity contribution is 6.30. The van der Waals surface area contributed by atoms with Gasteiger partial charge in [-0.3, -0.25) is 4.79 Å². The number of carbonyl (C=O) groups is 1. The van der Waals surface area contributed by atoms with E-state index in [2.05, 4.69) is 64.3 Å². The lowest BCUT2D eigenvalue weighted by atomic mass is 9.82. The number of rotatable bonds is 4. The van der Waals surface area contributed by atoms with Gasteiger partial charge in [0, 0.05) is 43.3 Å². The molecule has 1 N–H and O–H groups in total. The Morgan fingerprint density at radius 3 is 2.67 bits per heavy atom. The maximum atomic E-state index is 13.3. The normalized spacial score (nSPS) is 19.8. The van der Waals surface area contributed by atoms with Crippen molar-refractivity contribution in [1.82, 2.24) is 14.9 Å². The number of aromatic nitrogens is 2. The van der Waals surface area contributed by atoms with Crippen LogP contribution in [0.2, 0.25) is 5.02 Å². The second-order valence-corrected chi connectivity index (χ2v) is 11.4. The molecular weight excluding hydrogens is 508 g/mol. The molecule has 0 bridgehead atoms. The number of ether oxygens (including phenoxy) is 1. The van der Waals surface area contributed by atoms with Gasteiger partial charge in [-0.1, -0.05) is 36.7 Å². The molecule has 0 aliphatic carbocycles. The summed E-state index contributed by atoms with van der Waals surface area (Å²) in [6.07, 6.45) is 2.37. The van der Waals surface area contributed by atoms with Crippen LogP contribution in [0.4, 0.5) is 5.69 Å². The standard InChI is InChI=1S/C32H35ClN4O2/c1-21-16-26-17-24(25-6-8-29-30(18-25)35-22(2)34-29)7-9-31(26)39-15-10-23(21)19-32(38)37-13-11-36(12-14-37)28-5-3-4-27(33)20-28/h3-9,17-18,20-21,23H,10-16,19H2,1-2H3,(H,34,35). The smallest absolute Gasteiger partial charge is 0.222 e. The van der Waals surface area contributed by atoms with Crippen molar-refractivity contribution >= 4 is 34.2 Å². The number of fused-ring (bicyclic) bond motifs is 2. The highest BCUT2D eigenvalue weighted by Crippen LogP contribution is 2.35. The van der Waals surface area contributed by atoms with Gasteiger partial charge in [0.05, 0.1) is 17.6 Å². The Balaban J connectivity index is 1.11. The predicted octanol–water partition coefficient (Wildman–Crippen LogP) is 6.51. The van der Waals surface area contributed by atoms with Gasteiger partial charge < -0.3 is 19.5 Å². The number of nitrogens with one attached hydrogen (secondary N) is 1. The Labute approximate surface area is 234 Å². The minimum atomic E-state index is 0.260. The first kappa shape index (κ1) is 25.8. The van der Waals surface area contributed by atoms with E-state index in [0.717, 1.165) is 77.9 Å². The monoisotopic (exact) mass is 542 g/mol. The average molecular weight is 543 g/mol. The first-order valence-corrected chi connectivity index (χ1v) is 14.3. The molecule has 1 aromatic heterocycles. The Bertz CT molecular complexity index is 1490. The molecule has 4 aromatic rings. The Hall–Kier alpha value is -3.51. The summed E-state index contributed by atoms with van der Waals surface area (Å²) in [6, 6.07) is 20.8. The maximum absolute atomic E-state index is 13.3. The van der Waals surface area contributed by atoms with E-state index >= 15 is 0 Å². The van der Waals surface area contributed by atoms with Gasteiger partial charge in [-0.25, -0.2) is 4.98 Å². The zero-order valence-electron chi connectivity index (χ0n) is 22.6. The molecule has 7 heteroatoms. The molecule has 2 aliphatic heterocycles. The average Bonchev–Trinajstić information content (AvgIpc) is 3.31. The quantitative estimate of drug-likeness (QED) is 0.319. The summed E-state index contributed by atoms with van der Waals surface area (Å²) in [6.45, 7) is 8.05. The number of carbonyl (C=O) groups excluding carboxylic acids is 1. The topological polar surface area (TPSA) is 61.5 Å². The van der Waals surface area contributed by atoms with Gasteiger partial charge in [0.25, 0.3) is 0 Å². The fraction of sp³-hybridized carbons (Fsp3) is 0.375. The van der Waals surface area contributed by atoms with E-state index in [-0.39, 0.29) is 5.91 Å². The predicted molar refractivity (Wildman–Crippen MR) is 158 cm³/mol. The van der Waals surface area contributed by atoms with Crippen LogP contribution in [-0.4, -0.2) is 53.6 Å². The molecule has 0 radical (unpaired) electrons. The van der Waals surface area contributed by atoms with E-state index in [1.165, 1.54) is 11.1 Å².